The lowest BCUT2D eigenvalue weighted by atomic mass is 9.96. The molecule has 0 radical (unpaired) electrons. The Kier molecular flexibility index (Phi) is 3.20. The summed E-state index contributed by atoms with van der Waals surface area (Å²) in [5.74, 6) is 0. The van der Waals surface area contributed by atoms with E-state index >= 15 is 0 Å². The van der Waals surface area contributed by atoms with E-state index < -0.39 is 0 Å². The summed E-state index contributed by atoms with van der Waals surface area (Å²) in [5, 5.41) is 7.33. The largest absolute Gasteiger partial charge is 0.347 e. The van der Waals surface area contributed by atoms with Crippen molar-refractivity contribution in [3.63, 3.8) is 0 Å². The Balaban J connectivity index is 2.09. The molecular formula is C17H11ClN4O. The van der Waals surface area contributed by atoms with E-state index in [9.17, 15) is 4.79 Å². The first-order chi connectivity index (χ1) is 11.2. The molecule has 0 fully saturated rings. The second kappa shape index (κ2) is 5.37. The van der Waals surface area contributed by atoms with Gasteiger partial charge in [-0.05, 0) is 47.0 Å². The Morgan fingerprint density at radius 2 is 1.70 bits per heavy atom. The number of nitrogens with zero attached hydrogens (tertiary/aromatic N) is 3. The molecule has 4 aromatic rings. The molecule has 0 saturated heterocycles. The molecule has 6 heteroatoms. The fraction of sp³-hybridized carbons (Fsp3) is 0. The Morgan fingerprint density at radius 1 is 0.957 bits per heavy atom. The zero-order chi connectivity index (χ0) is 15.8. The second-order valence-electron chi connectivity index (χ2n) is 5.07. The lowest BCUT2D eigenvalue weighted by Crippen LogP contribution is -2.09. The highest BCUT2D eigenvalue weighted by Gasteiger charge is 2.15. The molecule has 23 heavy (non-hydrogen) atoms. The molecule has 3 heterocycles. The average Bonchev–Trinajstić information content (AvgIpc) is 2.97. The topological polar surface area (TPSA) is 63.0 Å². The van der Waals surface area contributed by atoms with Crippen LogP contribution in [0.3, 0.4) is 0 Å². The summed E-state index contributed by atoms with van der Waals surface area (Å²) in [6.07, 6.45) is 5.19. The average molecular weight is 323 g/mol. The number of hydrogen-bond donors (Lipinski definition) is 1. The third-order valence-corrected chi connectivity index (χ3v) is 3.96. The third kappa shape index (κ3) is 2.31. The van der Waals surface area contributed by atoms with E-state index in [0.717, 1.165) is 22.3 Å². The van der Waals surface area contributed by atoms with Crippen molar-refractivity contribution < 1.29 is 0 Å². The zero-order valence-corrected chi connectivity index (χ0v) is 12.7. The van der Waals surface area contributed by atoms with Gasteiger partial charge in [0.05, 0.1) is 0 Å². The van der Waals surface area contributed by atoms with Gasteiger partial charge in [-0.15, -0.1) is 0 Å². The highest BCUT2D eigenvalue weighted by molar-refractivity contribution is 6.30. The summed E-state index contributed by atoms with van der Waals surface area (Å²) in [6.45, 7) is 0. The molecule has 4 rings (SSSR count). The monoisotopic (exact) mass is 322 g/mol. The SMILES string of the molecule is O=c1[nH]nc2c(-c3ccc(Cl)cc3)c(-c3ccncc3)ccn12. The lowest BCUT2D eigenvalue weighted by molar-refractivity contribution is 1.02. The van der Waals surface area contributed by atoms with Gasteiger partial charge in [0, 0.05) is 29.2 Å². The summed E-state index contributed by atoms with van der Waals surface area (Å²) >= 11 is 5.99. The molecule has 0 aliphatic rings. The third-order valence-electron chi connectivity index (χ3n) is 3.71. The minimum absolute atomic E-state index is 0.267. The van der Waals surface area contributed by atoms with Crippen LogP contribution in [-0.4, -0.2) is 19.6 Å². The molecule has 0 saturated carbocycles. The van der Waals surface area contributed by atoms with Gasteiger partial charge in [0.25, 0.3) is 0 Å². The smallest absolute Gasteiger partial charge is 0.265 e. The first kappa shape index (κ1) is 13.7. The van der Waals surface area contributed by atoms with Gasteiger partial charge in [-0.25, -0.2) is 14.3 Å². The lowest BCUT2D eigenvalue weighted by Gasteiger charge is -2.11. The maximum Gasteiger partial charge on any atom is 0.347 e. The van der Waals surface area contributed by atoms with E-state index in [1.807, 2.05) is 42.5 Å². The fourth-order valence-electron chi connectivity index (χ4n) is 2.65. The molecule has 0 spiro atoms. The Labute approximate surface area is 136 Å². The summed E-state index contributed by atoms with van der Waals surface area (Å²) in [6, 6.07) is 13.2. The number of aromatic nitrogens is 4. The second-order valence-corrected chi connectivity index (χ2v) is 5.51. The van der Waals surface area contributed by atoms with Crippen LogP contribution in [0.25, 0.3) is 27.9 Å². The number of benzene rings is 1. The van der Waals surface area contributed by atoms with Crippen LogP contribution in [0.5, 0.6) is 0 Å². The van der Waals surface area contributed by atoms with Gasteiger partial charge in [0.2, 0.25) is 0 Å². The Morgan fingerprint density at radius 3 is 2.43 bits per heavy atom. The van der Waals surface area contributed by atoms with E-state index in [1.165, 1.54) is 4.40 Å². The van der Waals surface area contributed by atoms with E-state index in [4.69, 9.17) is 11.6 Å². The number of H-pyrrole nitrogens is 1. The molecule has 0 aliphatic carbocycles. The van der Waals surface area contributed by atoms with E-state index in [2.05, 4.69) is 15.2 Å². The van der Waals surface area contributed by atoms with E-state index in [-0.39, 0.29) is 5.69 Å². The number of nitrogens with one attached hydrogen (secondary N) is 1. The maximum atomic E-state index is 11.9. The zero-order valence-electron chi connectivity index (χ0n) is 11.9. The van der Waals surface area contributed by atoms with Crippen LogP contribution in [0.2, 0.25) is 5.02 Å². The summed E-state index contributed by atoms with van der Waals surface area (Å²) in [4.78, 5) is 15.9. The van der Waals surface area contributed by atoms with E-state index in [1.54, 1.807) is 18.6 Å². The molecule has 0 amide bonds. The summed E-state index contributed by atoms with van der Waals surface area (Å²) in [5.41, 5.74) is 4.09. The summed E-state index contributed by atoms with van der Waals surface area (Å²) in [7, 11) is 0. The van der Waals surface area contributed by atoms with Gasteiger partial charge < -0.3 is 0 Å². The molecule has 1 N–H and O–H groups in total. The normalized spacial score (nSPS) is 11.0. The first-order valence-corrected chi connectivity index (χ1v) is 7.38. The van der Waals surface area contributed by atoms with Crippen LogP contribution < -0.4 is 5.69 Å². The van der Waals surface area contributed by atoms with Gasteiger partial charge in [-0.1, -0.05) is 23.7 Å². The van der Waals surface area contributed by atoms with Crippen LogP contribution in [0.1, 0.15) is 0 Å². The van der Waals surface area contributed by atoms with Crippen molar-refractivity contribution >= 4 is 17.2 Å². The minimum Gasteiger partial charge on any atom is -0.265 e. The number of halogens is 1. The molecule has 0 aliphatic heterocycles. The van der Waals surface area contributed by atoms with Gasteiger partial charge in [-0.2, -0.15) is 5.10 Å². The van der Waals surface area contributed by atoms with Crippen molar-refractivity contribution in [2.75, 3.05) is 0 Å². The molecule has 0 bridgehead atoms. The van der Waals surface area contributed by atoms with E-state index in [0.29, 0.717) is 10.7 Å². The van der Waals surface area contributed by atoms with Crippen LogP contribution in [-0.2, 0) is 0 Å². The number of rotatable bonds is 2. The standard InChI is InChI=1S/C17H11ClN4O/c18-13-3-1-12(2-4-13)15-14(11-5-8-19-9-6-11)7-10-22-16(15)20-21-17(22)23/h1-10H,(H,21,23). The van der Waals surface area contributed by atoms with Crippen LogP contribution in [0.15, 0.2) is 65.8 Å². The predicted molar refractivity (Wildman–Crippen MR) is 89.5 cm³/mol. The predicted octanol–water partition coefficient (Wildman–Crippen LogP) is 3.41. The molecular weight excluding hydrogens is 312 g/mol. The number of hydrogen-bond acceptors (Lipinski definition) is 3. The van der Waals surface area contributed by atoms with Crippen molar-refractivity contribution in [1.82, 2.24) is 19.6 Å². The highest BCUT2D eigenvalue weighted by atomic mass is 35.5. The van der Waals surface area contributed by atoms with Gasteiger partial charge in [-0.3, -0.25) is 4.98 Å². The number of fused-ring (bicyclic) bond motifs is 1. The Bertz CT molecular complexity index is 1040. The molecule has 3 aromatic heterocycles. The molecule has 112 valence electrons. The maximum absolute atomic E-state index is 11.9. The highest BCUT2D eigenvalue weighted by Crippen LogP contribution is 2.34. The molecule has 1 aromatic carbocycles. The quantitative estimate of drug-likeness (QED) is 0.615. The van der Waals surface area contributed by atoms with Gasteiger partial charge in [0.15, 0.2) is 5.65 Å². The Hall–Kier alpha value is -2.92. The molecule has 5 nitrogen and oxygen atoms in total. The minimum atomic E-state index is -0.267. The molecule has 0 atom stereocenters. The van der Waals surface area contributed by atoms with Crippen LogP contribution in [0.4, 0.5) is 0 Å². The summed E-state index contributed by atoms with van der Waals surface area (Å²) < 4.78 is 1.49. The number of aromatic amines is 1. The molecule has 0 unspecified atom stereocenters. The van der Waals surface area contributed by atoms with Crippen LogP contribution >= 0.6 is 11.6 Å². The van der Waals surface area contributed by atoms with Crippen molar-refractivity contribution in [2.24, 2.45) is 0 Å². The number of pyridine rings is 2. The van der Waals surface area contributed by atoms with Gasteiger partial charge >= 0.3 is 5.69 Å². The van der Waals surface area contributed by atoms with Crippen LogP contribution in [0, 0.1) is 0 Å². The first-order valence-electron chi connectivity index (χ1n) is 7.00. The van der Waals surface area contributed by atoms with Crippen molar-refractivity contribution in [3.8, 4) is 22.3 Å². The van der Waals surface area contributed by atoms with Crippen molar-refractivity contribution in [3.05, 3.63) is 76.6 Å². The fourth-order valence-corrected chi connectivity index (χ4v) is 2.77. The van der Waals surface area contributed by atoms with Crippen molar-refractivity contribution in [1.29, 1.82) is 0 Å². The van der Waals surface area contributed by atoms with Crippen molar-refractivity contribution in [2.45, 2.75) is 0 Å². The van der Waals surface area contributed by atoms with Gasteiger partial charge in [0.1, 0.15) is 0 Å².